The van der Waals surface area contributed by atoms with Gasteiger partial charge >= 0.3 is 0 Å². The van der Waals surface area contributed by atoms with Gasteiger partial charge in [0.05, 0.1) is 19.3 Å². The fourth-order valence-electron chi connectivity index (χ4n) is 3.33. The Morgan fingerprint density at radius 2 is 1.31 bits per heavy atom. The molecule has 2 aliphatic heterocycles. The summed E-state index contributed by atoms with van der Waals surface area (Å²) in [5.74, 6) is 0.184. The third kappa shape index (κ3) is 4.53. The Kier molecular flexibility index (Phi) is 7.74. The van der Waals surface area contributed by atoms with Crippen LogP contribution in [0.5, 0.6) is 0 Å². The van der Waals surface area contributed by atoms with Gasteiger partial charge in [0.25, 0.3) is 0 Å². The average molecular weight is 382 g/mol. The van der Waals surface area contributed by atoms with Crippen LogP contribution in [0.15, 0.2) is 0 Å². The van der Waals surface area contributed by atoms with E-state index in [1.54, 1.807) is 0 Å². The second-order valence-electron chi connectivity index (χ2n) is 7.30. The van der Waals surface area contributed by atoms with Crippen LogP contribution >= 0.6 is 0 Å². The Balaban J connectivity index is 2.11. The topological polar surface area (TPSA) is 169 Å². The third-order valence-corrected chi connectivity index (χ3v) is 4.81. The van der Waals surface area contributed by atoms with Crippen molar-refractivity contribution in [1.82, 2.24) is 0 Å². The minimum absolute atomic E-state index is 0.184. The highest BCUT2D eigenvalue weighted by Gasteiger charge is 2.50. The molecule has 2 fully saturated rings. The predicted molar refractivity (Wildman–Crippen MR) is 85.9 cm³/mol. The zero-order chi connectivity index (χ0) is 19.6. The zero-order valence-electron chi connectivity index (χ0n) is 14.8. The summed E-state index contributed by atoms with van der Waals surface area (Å²) in [5.41, 5.74) is 0. The van der Waals surface area contributed by atoms with E-state index in [2.05, 4.69) is 0 Å². The number of hydrogen-bond donors (Lipinski definition) is 7. The van der Waals surface area contributed by atoms with Gasteiger partial charge in [0, 0.05) is 0 Å². The van der Waals surface area contributed by atoms with Crippen molar-refractivity contribution in [3.05, 3.63) is 0 Å². The van der Waals surface area contributed by atoms with Gasteiger partial charge in [-0.05, 0) is 12.3 Å². The van der Waals surface area contributed by atoms with Gasteiger partial charge in [-0.25, -0.2) is 0 Å². The van der Waals surface area contributed by atoms with Gasteiger partial charge in [0.1, 0.15) is 48.8 Å². The van der Waals surface area contributed by atoms with E-state index in [1.165, 1.54) is 0 Å². The third-order valence-electron chi connectivity index (χ3n) is 4.81. The van der Waals surface area contributed by atoms with E-state index < -0.39 is 74.4 Å². The van der Waals surface area contributed by atoms with E-state index in [0.717, 1.165) is 0 Å². The van der Waals surface area contributed by atoms with Crippen LogP contribution in [0.25, 0.3) is 0 Å². The first-order chi connectivity index (χ1) is 12.2. The molecule has 7 N–H and O–H groups in total. The summed E-state index contributed by atoms with van der Waals surface area (Å²) >= 11 is 0. The molecule has 0 aliphatic carbocycles. The van der Waals surface area contributed by atoms with Crippen LogP contribution in [0.3, 0.4) is 0 Å². The highest BCUT2D eigenvalue weighted by Crippen LogP contribution is 2.30. The maximum Gasteiger partial charge on any atom is 0.187 e. The first-order valence-corrected chi connectivity index (χ1v) is 8.79. The van der Waals surface area contributed by atoms with Crippen LogP contribution in [0.1, 0.15) is 20.3 Å². The monoisotopic (exact) mass is 382 g/mol. The molecule has 10 heteroatoms. The van der Waals surface area contributed by atoms with Crippen LogP contribution in [-0.4, -0.2) is 110 Å². The minimum atomic E-state index is -1.66. The molecule has 0 saturated carbocycles. The second-order valence-corrected chi connectivity index (χ2v) is 7.30. The summed E-state index contributed by atoms with van der Waals surface area (Å²) in [6, 6.07) is 0. The van der Waals surface area contributed by atoms with E-state index >= 15 is 0 Å². The van der Waals surface area contributed by atoms with Crippen molar-refractivity contribution in [1.29, 1.82) is 0 Å². The second kappa shape index (κ2) is 9.20. The highest BCUT2D eigenvalue weighted by atomic mass is 16.7. The van der Waals surface area contributed by atoms with Gasteiger partial charge < -0.3 is 50.0 Å². The molecule has 0 aromatic rings. The summed E-state index contributed by atoms with van der Waals surface area (Å²) in [4.78, 5) is 0. The Morgan fingerprint density at radius 1 is 0.731 bits per heavy atom. The van der Waals surface area contributed by atoms with Gasteiger partial charge in [-0.1, -0.05) is 13.8 Å². The Bertz CT molecular complexity index is 431. The molecule has 0 radical (unpaired) electrons. The van der Waals surface area contributed by atoms with Crippen LogP contribution in [0.2, 0.25) is 0 Å². The van der Waals surface area contributed by atoms with Gasteiger partial charge in [-0.3, -0.25) is 0 Å². The predicted octanol–water partition coefficient (Wildman–Crippen LogP) is -3.30. The van der Waals surface area contributed by atoms with Crippen LogP contribution < -0.4 is 0 Å². The molecule has 26 heavy (non-hydrogen) atoms. The highest BCUT2D eigenvalue weighted by molar-refractivity contribution is 4.95. The van der Waals surface area contributed by atoms with Crippen molar-refractivity contribution >= 4 is 0 Å². The molecule has 2 rings (SSSR count). The van der Waals surface area contributed by atoms with Crippen LogP contribution in [0, 0.1) is 5.92 Å². The maximum atomic E-state index is 10.4. The normalized spacial score (nSPS) is 47.3. The fraction of sp³-hybridized carbons (Fsp3) is 1.00. The Hall–Kier alpha value is -0.400. The lowest BCUT2D eigenvalue weighted by Crippen LogP contribution is -2.64. The summed E-state index contributed by atoms with van der Waals surface area (Å²) in [7, 11) is 0. The summed E-state index contributed by atoms with van der Waals surface area (Å²) < 4.78 is 16.4. The summed E-state index contributed by atoms with van der Waals surface area (Å²) in [6.45, 7) is 2.71. The molecular formula is C16H30O10. The largest absolute Gasteiger partial charge is 0.394 e. The molecule has 0 aromatic carbocycles. The van der Waals surface area contributed by atoms with Gasteiger partial charge in [-0.2, -0.15) is 0 Å². The summed E-state index contributed by atoms with van der Waals surface area (Å²) in [5, 5.41) is 69.1. The van der Waals surface area contributed by atoms with Gasteiger partial charge in [0.15, 0.2) is 6.29 Å². The molecular weight excluding hydrogens is 352 g/mol. The lowest BCUT2D eigenvalue weighted by Gasteiger charge is -2.46. The lowest BCUT2D eigenvalue weighted by molar-refractivity contribution is -0.342. The molecule has 2 heterocycles. The lowest BCUT2D eigenvalue weighted by atomic mass is 9.90. The first-order valence-electron chi connectivity index (χ1n) is 8.79. The first kappa shape index (κ1) is 21.9. The van der Waals surface area contributed by atoms with E-state index in [1.807, 2.05) is 13.8 Å². The molecule has 0 aromatic heterocycles. The molecule has 154 valence electrons. The van der Waals surface area contributed by atoms with Crippen molar-refractivity contribution in [3.63, 3.8) is 0 Å². The van der Waals surface area contributed by atoms with Crippen molar-refractivity contribution in [2.45, 2.75) is 81.5 Å². The number of aliphatic hydroxyl groups is 7. The van der Waals surface area contributed by atoms with Crippen LogP contribution in [0.4, 0.5) is 0 Å². The molecule has 0 amide bonds. The number of aliphatic hydroxyl groups excluding tert-OH is 7. The van der Waals surface area contributed by atoms with E-state index in [-0.39, 0.29) is 5.92 Å². The molecule has 2 saturated heterocycles. The van der Waals surface area contributed by atoms with Crippen LogP contribution in [-0.2, 0) is 14.2 Å². The smallest absolute Gasteiger partial charge is 0.187 e. The number of ether oxygens (including phenoxy) is 3. The minimum Gasteiger partial charge on any atom is -0.394 e. The molecule has 0 spiro atoms. The van der Waals surface area contributed by atoms with Crippen molar-refractivity contribution < 1.29 is 50.0 Å². The van der Waals surface area contributed by atoms with Gasteiger partial charge in [-0.15, -0.1) is 0 Å². The summed E-state index contributed by atoms with van der Waals surface area (Å²) in [6.07, 6.45) is -12.7. The molecule has 10 atom stereocenters. The average Bonchev–Trinajstić information content (AvgIpc) is 2.60. The fourth-order valence-corrected chi connectivity index (χ4v) is 3.33. The Labute approximate surface area is 151 Å². The van der Waals surface area contributed by atoms with E-state index in [4.69, 9.17) is 14.2 Å². The standard InChI is InChI=1S/C16H30O10/c1-6(2)3-7-10(19)13(22)15(9(5-18)24-7)26-16-14(23)12(21)11(20)8(4-17)25-16/h6-23H,3-5H2,1-2H3/t7-,8+,9+,10-,11+,12-,13+,14+,15?,16-/m0/s1. The number of rotatable bonds is 6. The zero-order valence-corrected chi connectivity index (χ0v) is 14.8. The van der Waals surface area contributed by atoms with E-state index in [0.29, 0.717) is 6.42 Å². The van der Waals surface area contributed by atoms with Gasteiger partial charge in [0.2, 0.25) is 0 Å². The van der Waals surface area contributed by atoms with E-state index in [9.17, 15) is 35.7 Å². The molecule has 1 unspecified atom stereocenters. The molecule has 10 nitrogen and oxygen atoms in total. The molecule has 2 aliphatic rings. The molecule has 0 bridgehead atoms. The number of hydrogen-bond acceptors (Lipinski definition) is 10. The SMILES string of the molecule is CC(C)C[C@@H]1O[C@H](CO)C(O[C@@H]2O[C@H](CO)[C@@H](O)[C@H](O)[C@H]2O)[C@H](O)[C@H]1O. The Morgan fingerprint density at radius 3 is 1.85 bits per heavy atom. The van der Waals surface area contributed by atoms with Crippen molar-refractivity contribution in [2.24, 2.45) is 5.92 Å². The quantitative estimate of drug-likeness (QED) is 0.247. The van der Waals surface area contributed by atoms with Crippen molar-refractivity contribution in [2.75, 3.05) is 13.2 Å². The maximum absolute atomic E-state index is 10.4. The van der Waals surface area contributed by atoms with Crippen molar-refractivity contribution in [3.8, 4) is 0 Å².